The van der Waals surface area contributed by atoms with Crippen LogP contribution in [-0.4, -0.2) is 53.7 Å². The minimum absolute atomic E-state index is 0.380. The zero-order valence-electron chi connectivity index (χ0n) is 22.5. The van der Waals surface area contributed by atoms with Gasteiger partial charge in [0.1, 0.15) is 23.3 Å². The lowest BCUT2D eigenvalue weighted by atomic mass is 10.1. The van der Waals surface area contributed by atoms with E-state index in [9.17, 15) is 0 Å². The molecule has 2 N–H and O–H groups in total. The van der Waals surface area contributed by atoms with Gasteiger partial charge in [0.25, 0.3) is 0 Å². The largest absolute Gasteiger partial charge is 0.495 e. The number of hydrogen-bond donors (Lipinski definition) is 2. The number of nitrogens with one attached hydrogen (secondary N) is 2. The molecule has 0 aliphatic heterocycles. The fraction of sp³-hybridized carbons (Fsp3) is 0.444. The molecule has 1 saturated carbocycles. The van der Waals surface area contributed by atoms with E-state index in [2.05, 4.69) is 45.5 Å². The number of fused-ring (bicyclic) bond motifs is 1. The normalized spacial score (nSPS) is 14.2. The van der Waals surface area contributed by atoms with E-state index in [0.29, 0.717) is 18.4 Å². The van der Waals surface area contributed by atoms with Gasteiger partial charge < -0.3 is 20.1 Å². The quantitative estimate of drug-likeness (QED) is 0.120. The fourth-order valence-corrected chi connectivity index (χ4v) is 6.22. The minimum atomic E-state index is -1.15. The molecule has 0 aromatic carbocycles. The molecule has 9 nitrogen and oxygen atoms in total. The Balaban J connectivity index is 1.42. The maximum atomic E-state index is 5.93. The van der Waals surface area contributed by atoms with Crippen LogP contribution in [0.4, 0.5) is 17.2 Å². The summed E-state index contributed by atoms with van der Waals surface area (Å²) in [7, 11) is 0.469. The van der Waals surface area contributed by atoms with Crippen LogP contribution in [0.25, 0.3) is 21.6 Å². The first-order valence-electron chi connectivity index (χ1n) is 13.1. The summed E-state index contributed by atoms with van der Waals surface area (Å²) >= 11 is 1.67. The Morgan fingerprint density at radius 2 is 1.82 bits per heavy atom. The molecule has 38 heavy (non-hydrogen) atoms. The van der Waals surface area contributed by atoms with Crippen molar-refractivity contribution in [2.75, 3.05) is 31.1 Å². The van der Waals surface area contributed by atoms with E-state index in [0.717, 1.165) is 56.5 Å². The zero-order valence-corrected chi connectivity index (χ0v) is 24.3. The molecule has 0 unspecified atom stereocenters. The number of nitrogens with zero attached hydrogens (tertiary/aromatic N) is 5. The molecule has 5 rings (SSSR count). The Bertz CT molecular complexity index is 1390. The van der Waals surface area contributed by atoms with Crippen molar-refractivity contribution in [2.24, 2.45) is 0 Å². The third kappa shape index (κ3) is 6.64. The van der Waals surface area contributed by atoms with Gasteiger partial charge in [0.15, 0.2) is 5.01 Å². The van der Waals surface area contributed by atoms with Gasteiger partial charge in [-0.15, -0.1) is 10.2 Å². The lowest BCUT2D eigenvalue weighted by molar-refractivity contribution is 0.165. The summed E-state index contributed by atoms with van der Waals surface area (Å²) in [6, 6.07) is 7.03. The third-order valence-electron chi connectivity index (χ3n) is 6.62. The second-order valence-electron chi connectivity index (χ2n) is 10.9. The van der Waals surface area contributed by atoms with Crippen molar-refractivity contribution >= 4 is 47.6 Å². The number of rotatable bonds is 11. The molecule has 200 valence electrons. The predicted molar refractivity (Wildman–Crippen MR) is 156 cm³/mol. The highest BCUT2D eigenvalue weighted by Gasteiger charge is 2.23. The zero-order chi connectivity index (χ0) is 26.5. The van der Waals surface area contributed by atoms with Crippen LogP contribution in [0, 0.1) is 0 Å². The number of aromatic nitrogens is 5. The molecular formula is C27H35N7O2SSi. The van der Waals surface area contributed by atoms with E-state index in [1.165, 1.54) is 25.7 Å². The van der Waals surface area contributed by atoms with E-state index < -0.39 is 8.07 Å². The van der Waals surface area contributed by atoms with Crippen molar-refractivity contribution < 1.29 is 9.47 Å². The van der Waals surface area contributed by atoms with Gasteiger partial charge in [0, 0.05) is 26.7 Å². The van der Waals surface area contributed by atoms with Crippen LogP contribution in [-0.2, 0) is 4.74 Å². The Morgan fingerprint density at radius 3 is 2.61 bits per heavy atom. The average Bonchev–Trinajstić information content (AvgIpc) is 3.60. The Morgan fingerprint density at radius 1 is 1.00 bits per heavy atom. The van der Waals surface area contributed by atoms with Crippen LogP contribution in [0.2, 0.25) is 25.7 Å². The van der Waals surface area contributed by atoms with Gasteiger partial charge in [-0.1, -0.05) is 43.8 Å². The van der Waals surface area contributed by atoms with E-state index in [-0.39, 0.29) is 0 Å². The van der Waals surface area contributed by atoms with Crippen molar-refractivity contribution in [1.29, 1.82) is 0 Å². The molecule has 0 amide bonds. The fourth-order valence-electron chi connectivity index (χ4n) is 4.43. The van der Waals surface area contributed by atoms with Crippen LogP contribution in [0.5, 0.6) is 5.75 Å². The summed E-state index contributed by atoms with van der Waals surface area (Å²) in [6.45, 7) is 8.17. The van der Waals surface area contributed by atoms with E-state index >= 15 is 0 Å². The molecule has 1 fully saturated rings. The summed E-state index contributed by atoms with van der Waals surface area (Å²) in [4.78, 5) is 13.9. The molecule has 1 aliphatic carbocycles. The maximum Gasteiger partial charge on any atom is 0.151 e. The van der Waals surface area contributed by atoms with Gasteiger partial charge in [0.2, 0.25) is 0 Å². The minimum Gasteiger partial charge on any atom is -0.495 e. The van der Waals surface area contributed by atoms with Crippen LogP contribution in [0.3, 0.4) is 0 Å². The molecule has 0 atom stereocenters. The van der Waals surface area contributed by atoms with E-state index in [4.69, 9.17) is 19.4 Å². The summed E-state index contributed by atoms with van der Waals surface area (Å²) in [5.74, 6) is 1.93. The molecule has 4 aromatic heterocycles. The standard InChI is InChI=1S/C27H35N7O2SSi/c1-35-21-11-19(14-28-16-21)31-20-12-24-23(29-15-20)13-22(25(32-24)30-17-36-9-10-38(2,3)4)27-34-33-26(37-27)18-7-5-6-8-18/h11-16,18,31H,5-10,17H2,1-4H3,(H,30,32). The number of pyridine rings is 3. The van der Waals surface area contributed by atoms with Gasteiger partial charge in [-0.25, -0.2) is 4.98 Å². The maximum absolute atomic E-state index is 5.93. The number of ether oxygens (including phenoxy) is 2. The van der Waals surface area contributed by atoms with Crippen molar-refractivity contribution in [3.63, 3.8) is 0 Å². The lowest BCUT2D eigenvalue weighted by Crippen LogP contribution is -2.22. The Labute approximate surface area is 228 Å². The first-order valence-corrected chi connectivity index (χ1v) is 17.6. The summed E-state index contributed by atoms with van der Waals surface area (Å²) < 4.78 is 11.2. The molecule has 11 heteroatoms. The predicted octanol–water partition coefficient (Wildman–Crippen LogP) is 6.68. The SMILES string of the molecule is COc1cncc(Nc2cnc3cc(-c4nnc(C5CCCC5)s4)c(NCOCC[Si](C)(C)C)nc3c2)c1. The van der Waals surface area contributed by atoms with Crippen LogP contribution >= 0.6 is 11.3 Å². The van der Waals surface area contributed by atoms with Crippen molar-refractivity contribution in [3.8, 4) is 16.3 Å². The molecule has 0 radical (unpaired) electrons. The highest BCUT2D eigenvalue weighted by molar-refractivity contribution is 7.14. The highest BCUT2D eigenvalue weighted by Crippen LogP contribution is 2.39. The Hall–Kier alpha value is -3.15. The topological polar surface area (TPSA) is 107 Å². The highest BCUT2D eigenvalue weighted by atomic mass is 32.1. The van der Waals surface area contributed by atoms with Gasteiger partial charge in [-0.3, -0.25) is 9.97 Å². The van der Waals surface area contributed by atoms with Gasteiger partial charge >= 0.3 is 0 Å². The summed E-state index contributed by atoms with van der Waals surface area (Å²) in [5, 5.41) is 17.8. The van der Waals surface area contributed by atoms with E-state index in [1.807, 2.05) is 18.2 Å². The third-order valence-corrected chi connectivity index (χ3v) is 9.44. The van der Waals surface area contributed by atoms with Gasteiger partial charge in [-0.05, 0) is 31.0 Å². The van der Waals surface area contributed by atoms with Crippen LogP contribution < -0.4 is 15.4 Å². The van der Waals surface area contributed by atoms with Crippen LogP contribution in [0.1, 0.15) is 36.6 Å². The lowest BCUT2D eigenvalue weighted by Gasteiger charge is -2.16. The number of anilines is 3. The Kier molecular flexibility index (Phi) is 8.15. The molecule has 4 heterocycles. The molecule has 0 saturated heterocycles. The smallest absolute Gasteiger partial charge is 0.151 e. The molecule has 1 aliphatic rings. The molecule has 0 spiro atoms. The van der Waals surface area contributed by atoms with Crippen molar-refractivity contribution in [1.82, 2.24) is 25.1 Å². The summed E-state index contributed by atoms with van der Waals surface area (Å²) in [5.41, 5.74) is 4.07. The molecule has 0 bridgehead atoms. The second-order valence-corrected chi connectivity index (χ2v) is 17.5. The first kappa shape index (κ1) is 26.5. The number of methoxy groups -OCH3 is 1. The van der Waals surface area contributed by atoms with Crippen molar-refractivity contribution in [2.45, 2.75) is 57.3 Å². The van der Waals surface area contributed by atoms with Crippen LogP contribution in [0.15, 0.2) is 36.8 Å². The monoisotopic (exact) mass is 549 g/mol. The number of hydrogen-bond acceptors (Lipinski definition) is 10. The van der Waals surface area contributed by atoms with E-state index in [1.54, 1.807) is 37.0 Å². The molecule has 4 aromatic rings. The summed E-state index contributed by atoms with van der Waals surface area (Å²) in [6.07, 6.45) is 10.1. The average molecular weight is 550 g/mol. The molecular weight excluding hydrogens is 514 g/mol. The van der Waals surface area contributed by atoms with Gasteiger partial charge in [0.05, 0.1) is 53.7 Å². The van der Waals surface area contributed by atoms with Gasteiger partial charge in [-0.2, -0.15) is 0 Å². The van der Waals surface area contributed by atoms with Crippen molar-refractivity contribution in [3.05, 3.63) is 41.8 Å². The second kappa shape index (κ2) is 11.7. The first-order chi connectivity index (χ1) is 18.4.